The van der Waals surface area contributed by atoms with Gasteiger partial charge in [-0.05, 0) is 43.2 Å². The number of hydrogen-bond acceptors (Lipinski definition) is 5. The van der Waals surface area contributed by atoms with Crippen molar-refractivity contribution in [2.45, 2.75) is 44.9 Å². The summed E-state index contributed by atoms with van der Waals surface area (Å²) in [7, 11) is 0. The first kappa shape index (κ1) is 20.9. The fraction of sp³-hybridized carbons (Fsp3) is 0.333. The number of rotatable bonds is 6. The first-order valence-electron chi connectivity index (χ1n) is 9.59. The number of fused-ring (bicyclic) bond motifs is 2. The van der Waals surface area contributed by atoms with Gasteiger partial charge in [0.15, 0.2) is 5.16 Å². The number of urea groups is 1. The van der Waals surface area contributed by atoms with Crippen LogP contribution in [0.4, 0.5) is 4.79 Å². The van der Waals surface area contributed by atoms with Gasteiger partial charge in [0.25, 0.3) is 5.56 Å². The largest absolute Gasteiger partial charge is 0.335 e. The summed E-state index contributed by atoms with van der Waals surface area (Å²) in [5.41, 5.74) is 0.455. The lowest BCUT2D eigenvalue weighted by atomic mass is 10.1. The zero-order chi connectivity index (χ0) is 21.0. The maximum absolute atomic E-state index is 12.9. The van der Waals surface area contributed by atoms with E-state index < -0.39 is 11.9 Å². The van der Waals surface area contributed by atoms with Crippen LogP contribution in [-0.4, -0.2) is 33.3 Å². The number of thioether (sulfide) groups is 1. The summed E-state index contributed by atoms with van der Waals surface area (Å²) in [4.78, 5) is 41.5. The van der Waals surface area contributed by atoms with Crippen molar-refractivity contribution < 1.29 is 9.59 Å². The summed E-state index contributed by atoms with van der Waals surface area (Å²) in [5, 5.41) is 7.97. The molecule has 29 heavy (non-hydrogen) atoms. The number of hydrogen-bond donors (Lipinski definition) is 2. The summed E-state index contributed by atoms with van der Waals surface area (Å²) >= 11 is 1.14. The summed E-state index contributed by atoms with van der Waals surface area (Å²) in [5.74, 6) is -0.453. The monoisotopic (exact) mass is 412 g/mol. The molecule has 0 aliphatic rings. The minimum Gasteiger partial charge on any atom is -0.335 e. The molecule has 8 heteroatoms. The number of amides is 3. The standard InChI is InChI=1S/C21H24N4O3S/c1-4-13(3)22-20(28)24-18(26)12-29-21-23-17-11-15-9-7-6-8-14(15)10-16(17)19(27)25(21)5-2/h6-11,13H,4-5,12H2,1-3H3,(H2,22,24,26,28)/t13-/m1/s1. The van der Waals surface area contributed by atoms with Gasteiger partial charge in [0, 0.05) is 12.6 Å². The third-order valence-corrected chi connectivity index (χ3v) is 5.65. The Morgan fingerprint density at radius 1 is 1.17 bits per heavy atom. The van der Waals surface area contributed by atoms with Crippen molar-refractivity contribution in [3.8, 4) is 0 Å². The number of carbonyl (C=O) groups excluding carboxylic acids is 2. The van der Waals surface area contributed by atoms with E-state index in [-0.39, 0.29) is 17.4 Å². The fourth-order valence-corrected chi connectivity index (χ4v) is 3.79. The second-order valence-corrected chi connectivity index (χ2v) is 7.72. The summed E-state index contributed by atoms with van der Waals surface area (Å²) in [6.07, 6.45) is 0.773. The molecule has 1 heterocycles. The van der Waals surface area contributed by atoms with E-state index in [1.165, 1.54) is 0 Å². The minimum absolute atomic E-state index is 0.0144. The van der Waals surface area contributed by atoms with Gasteiger partial charge in [-0.25, -0.2) is 9.78 Å². The third-order valence-electron chi connectivity index (χ3n) is 4.68. The molecule has 0 saturated carbocycles. The lowest BCUT2D eigenvalue weighted by molar-refractivity contribution is -0.117. The molecule has 0 saturated heterocycles. The lowest BCUT2D eigenvalue weighted by Crippen LogP contribution is -2.44. The topological polar surface area (TPSA) is 93.1 Å². The van der Waals surface area contributed by atoms with Gasteiger partial charge < -0.3 is 5.32 Å². The number of aromatic nitrogens is 2. The van der Waals surface area contributed by atoms with Crippen molar-refractivity contribution in [1.29, 1.82) is 0 Å². The van der Waals surface area contributed by atoms with Gasteiger partial charge in [0.05, 0.1) is 16.7 Å². The second kappa shape index (κ2) is 9.09. The first-order valence-corrected chi connectivity index (χ1v) is 10.6. The average Bonchev–Trinajstić information content (AvgIpc) is 2.71. The quantitative estimate of drug-likeness (QED) is 0.368. The van der Waals surface area contributed by atoms with Crippen molar-refractivity contribution in [2.24, 2.45) is 0 Å². The highest BCUT2D eigenvalue weighted by Gasteiger charge is 2.15. The second-order valence-electron chi connectivity index (χ2n) is 6.78. The fourth-order valence-electron chi connectivity index (χ4n) is 2.93. The van der Waals surface area contributed by atoms with Crippen molar-refractivity contribution >= 4 is 45.4 Å². The molecule has 0 unspecified atom stereocenters. The Balaban J connectivity index is 1.83. The molecule has 3 aromatic rings. The number of nitrogens with one attached hydrogen (secondary N) is 2. The smallest absolute Gasteiger partial charge is 0.321 e. The van der Waals surface area contributed by atoms with Gasteiger partial charge in [-0.1, -0.05) is 43.0 Å². The minimum atomic E-state index is -0.518. The molecule has 1 atom stereocenters. The van der Waals surface area contributed by atoms with Crippen LogP contribution in [0.25, 0.3) is 21.7 Å². The van der Waals surface area contributed by atoms with Crippen LogP contribution in [0.2, 0.25) is 0 Å². The highest BCUT2D eigenvalue weighted by molar-refractivity contribution is 7.99. The molecular formula is C21H24N4O3S. The molecule has 0 radical (unpaired) electrons. The SMILES string of the molecule is CC[C@@H](C)NC(=O)NC(=O)CSc1nc2cc3ccccc3cc2c(=O)n1CC. The first-order chi connectivity index (χ1) is 13.9. The molecule has 3 amide bonds. The van der Waals surface area contributed by atoms with E-state index in [2.05, 4.69) is 15.6 Å². The molecule has 0 fully saturated rings. The average molecular weight is 413 g/mol. The molecule has 2 N–H and O–H groups in total. The van der Waals surface area contributed by atoms with Crippen LogP contribution in [0, 0.1) is 0 Å². The van der Waals surface area contributed by atoms with Crippen molar-refractivity contribution in [2.75, 3.05) is 5.75 Å². The van der Waals surface area contributed by atoms with Gasteiger partial charge in [-0.3, -0.25) is 19.5 Å². The number of imide groups is 1. The van der Waals surface area contributed by atoms with E-state index in [9.17, 15) is 14.4 Å². The van der Waals surface area contributed by atoms with E-state index >= 15 is 0 Å². The van der Waals surface area contributed by atoms with E-state index in [1.54, 1.807) is 4.57 Å². The molecule has 0 aliphatic carbocycles. The Kier molecular flexibility index (Phi) is 6.53. The zero-order valence-electron chi connectivity index (χ0n) is 16.7. The van der Waals surface area contributed by atoms with E-state index in [1.807, 2.05) is 57.2 Å². The Morgan fingerprint density at radius 3 is 2.52 bits per heavy atom. The molecule has 1 aromatic heterocycles. The van der Waals surface area contributed by atoms with Crippen molar-refractivity contribution in [1.82, 2.24) is 20.2 Å². The maximum atomic E-state index is 12.9. The van der Waals surface area contributed by atoms with Crippen molar-refractivity contribution in [3.63, 3.8) is 0 Å². The Labute approximate surface area is 172 Å². The molecule has 0 aliphatic heterocycles. The molecule has 0 bridgehead atoms. The molecular weight excluding hydrogens is 388 g/mol. The van der Waals surface area contributed by atoms with Gasteiger partial charge >= 0.3 is 6.03 Å². The lowest BCUT2D eigenvalue weighted by Gasteiger charge is -2.13. The van der Waals surface area contributed by atoms with E-state index in [0.29, 0.717) is 22.6 Å². The predicted octanol–water partition coefficient (Wildman–Crippen LogP) is 3.29. The van der Waals surface area contributed by atoms with Gasteiger partial charge in [-0.2, -0.15) is 0 Å². The van der Waals surface area contributed by atoms with Crippen molar-refractivity contribution in [3.05, 3.63) is 46.8 Å². The Hall–Kier alpha value is -2.87. The summed E-state index contributed by atoms with van der Waals surface area (Å²) in [6.45, 7) is 6.11. The Morgan fingerprint density at radius 2 is 1.86 bits per heavy atom. The third kappa shape index (κ3) is 4.76. The predicted molar refractivity (Wildman–Crippen MR) is 116 cm³/mol. The molecule has 152 valence electrons. The van der Waals surface area contributed by atoms with Crippen LogP contribution in [-0.2, 0) is 11.3 Å². The van der Waals surface area contributed by atoms with Gasteiger partial charge in [0.1, 0.15) is 0 Å². The van der Waals surface area contributed by atoms with Crippen LogP contribution in [0.3, 0.4) is 0 Å². The zero-order valence-corrected chi connectivity index (χ0v) is 17.5. The van der Waals surface area contributed by atoms with Crippen LogP contribution in [0.15, 0.2) is 46.3 Å². The molecule has 2 aromatic carbocycles. The van der Waals surface area contributed by atoms with E-state index in [0.717, 1.165) is 29.0 Å². The van der Waals surface area contributed by atoms with Gasteiger partial charge in [0.2, 0.25) is 5.91 Å². The van der Waals surface area contributed by atoms with E-state index in [4.69, 9.17) is 0 Å². The highest BCUT2D eigenvalue weighted by Crippen LogP contribution is 2.22. The summed E-state index contributed by atoms with van der Waals surface area (Å²) in [6, 6.07) is 11.0. The normalized spacial score (nSPS) is 12.1. The van der Waals surface area contributed by atoms with Crippen LogP contribution < -0.4 is 16.2 Å². The maximum Gasteiger partial charge on any atom is 0.321 e. The molecule has 3 rings (SSSR count). The molecule has 0 spiro atoms. The molecule has 7 nitrogen and oxygen atoms in total. The van der Waals surface area contributed by atoms with Gasteiger partial charge in [-0.15, -0.1) is 0 Å². The highest BCUT2D eigenvalue weighted by atomic mass is 32.2. The van der Waals surface area contributed by atoms with Crippen LogP contribution >= 0.6 is 11.8 Å². The van der Waals surface area contributed by atoms with Crippen LogP contribution in [0.5, 0.6) is 0 Å². The summed E-state index contributed by atoms with van der Waals surface area (Å²) < 4.78 is 1.55. The van der Waals surface area contributed by atoms with Crippen LogP contribution in [0.1, 0.15) is 27.2 Å². The Bertz CT molecular complexity index is 1130. The number of benzene rings is 2. The number of nitrogens with zero attached hydrogens (tertiary/aromatic N) is 2. The number of carbonyl (C=O) groups is 2.